The highest BCUT2D eigenvalue weighted by Gasteiger charge is 2.18. The highest BCUT2D eigenvalue weighted by molar-refractivity contribution is 5.61. The van der Waals surface area contributed by atoms with Crippen LogP contribution in [0.15, 0.2) is 18.2 Å². The highest BCUT2D eigenvalue weighted by atomic mass is 16.6. The lowest BCUT2D eigenvalue weighted by molar-refractivity contribution is -0.386. The largest absolute Gasteiger partial charge is 0.380 e. The number of carbonyl (C=O) groups excluding carboxylic acids is 1. The zero-order valence-electron chi connectivity index (χ0n) is 8.30. The van der Waals surface area contributed by atoms with Gasteiger partial charge in [-0.2, -0.15) is 0 Å². The number of nitro benzene ring substituents is 1. The Labute approximate surface area is 86.8 Å². The summed E-state index contributed by atoms with van der Waals surface area (Å²) in [6, 6.07) is 4.88. The molecule has 0 bridgehead atoms. The summed E-state index contributed by atoms with van der Waals surface area (Å²) in [6.45, 7) is 0.170. The predicted molar refractivity (Wildman–Crippen MR) is 53.6 cm³/mol. The normalized spacial score (nSPS) is 9.93. The maximum atomic E-state index is 10.8. The number of hydrogen-bond donors (Lipinski definition) is 0. The molecule has 0 aromatic heterocycles. The van der Waals surface area contributed by atoms with Gasteiger partial charge in [-0.05, 0) is 6.07 Å². The minimum atomic E-state index is -0.479. The molecule has 0 radical (unpaired) electrons. The first-order valence-corrected chi connectivity index (χ1v) is 4.38. The van der Waals surface area contributed by atoms with Crippen molar-refractivity contribution in [3.8, 4) is 0 Å². The number of para-hydroxylation sites is 1. The van der Waals surface area contributed by atoms with E-state index in [9.17, 15) is 14.9 Å². The molecule has 5 nitrogen and oxygen atoms in total. The lowest BCUT2D eigenvalue weighted by Gasteiger charge is -2.04. The van der Waals surface area contributed by atoms with Crippen LogP contribution in [0.3, 0.4) is 0 Å². The second-order valence-corrected chi connectivity index (χ2v) is 2.99. The van der Waals surface area contributed by atoms with Gasteiger partial charge < -0.3 is 9.53 Å². The van der Waals surface area contributed by atoms with Crippen LogP contribution in [0.4, 0.5) is 5.69 Å². The van der Waals surface area contributed by atoms with Crippen LogP contribution in [-0.4, -0.2) is 18.3 Å². The van der Waals surface area contributed by atoms with Gasteiger partial charge in [0.05, 0.1) is 17.1 Å². The van der Waals surface area contributed by atoms with Crippen molar-refractivity contribution in [1.82, 2.24) is 0 Å². The summed E-state index contributed by atoms with van der Waals surface area (Å²) in [7, 11) is 1.47. The standard InChI is InChI=1S/C10H11NO4/c1-15-7-9-4-2-3-8(5-6-12)10(9)11(13)14/h2-4,6H,5,7H2,1H3. The van der Waals surface area contributed by atoms with E-state index < -0.39 is 4.92 Å². The molecule has 0 spiro atoms. The minimum absolute atomic E-state index is 0.0218. The molecule has 0 amide bonds. The van der Waals surface area contributed by atoms with E-state index in [1.807, 2.05) is 0 Å². The highest BCUT2D eigenvalue weighted by Crippen LogP contribution is 2.24. The first kappa shape index (κ1) is 11.3. The van der Waals surface area contributed by atoms with Crippen molar-refractivity contribution in [1.29, 1.82) is 0 Å². The lowest BCUT2D eigenvalue weighted by Crippen LogP contribution is -2.02. The quantitative estimate of drug-likeness (QED) is 0.418. The number of rotatable bonds is 5. The summed E-state index contributed by atoms with van der Waals surface area (Å²) < 4.78 is 4.86. The molecule has 0 aliphatic rings. The molecule has 1 rings (SSSR count). The molecule has 0 heterocycles. The average molecular weight is 209 g/mol. The SMILES string of the molecule is COCc1cccc(CC=O)c1[N+](=O)[O-]. The van der Waals surface area contributed by atoms with Crippen molar-refractivity contribution >= 4 is 12.0 Å². The molecular formula is C10H11NO4. The van der Waals surface area contributed by atoms with Crippen molar-refractivity contribution in [2.75, 3.05) is 7.11 Å². The summed E-state index contributed by atoms with van der Waals surface area (Å²) in [6.07, 6.45) is 0.701. The van der Waals surface area contributed by atoms with Crippen molar-refractivity contribution in [2.24, 2.45) is 0 Å². The Kier molecular flexibility index (Phi) is 3.93. The third-order valence-corrected chi connectivity index (χ3v) is 1.99. The Morgan fingerprint density at radius 1 is 1.47 bits per heavy atom. The van der Waals surface area contributed by atoms with E-state index in [4.69, 9.17) is 4.74 Å². The number of nitrogens with zero attached hydrogens (tertiary/aromatic N) is 1. The van der Waals surface area contributed by atoms with Gasteiger partial charge in [0.15, 0.2) is 0 Å². The van der Waals surface area contributed by atoms with Crippen LogP contribution < -0.4 is 0 Å². The Balaban J connectivity index is 3.21. The molecule has 0 atom stereocenters. The molecule has 1 aromatic rings. The summed E-state index contributed by atoms with van der Waals surface area (Å²) in [5.41, 5.74) is 0.887. The van der Waals surface area contributed by atoms with E-state index in [1.165, 1.54) is 7.11 Å². The van der Waals surface area contributed by atoms with Gasteiger partial charge in [0.1, 0.15) is 6.29 Å². The number of nitro groups is 1. The third-order valence-electron chi connectivity index (χ3n) is 1.99. The molecule has 0 saturated carbocycles. The Morgan fingerprint density at radius 3 is 2.67 bits per heavy atom. The molecule has 15 heavy (non-hydrogen) atoms. The number of aldehydes is 1. The molecule has 80 valence electrons. The van der Waals surface area contributed by atoms with Gasteiger partial charge in [-0.25, -0.2) is 0 Å². The summed E-state index contributed by atoms with van der Waals surface area (Å²) >= 11 is 0. The van der Waals surface area contributed by atoms with Gasteiger partial charge >= 0.3 is 0 Å². The van der Waals surface area contributed by atoms with Crippen molar-refractivity contribution in [2.45, 2.75) is 13.0 Å². The van der Waals surface area contributed by atoms with Crippen LogP contribution >= 0.6 is 0 Å². The van der Waals surface area contributed by atoms with Gasteiger partial charge in [-0.15, -0.1) is 0 Å². The molecule has 0 N–H and O–H groups in total. The third kappa shape index (κ3) is 2.60. The average Bonchev–Trinajstić information content (AvgIpc) is 2.18. The van der Waals surface area contributed by atoms with Crippen LogP contribution in [0.2, 0.25) is 0 Å². The van der Waals surface area contributed by atoms with E-state index >= 15 is 0 Å². The van der Waals surface area contributed by atoms with Crippen molar-refractivity contribution in [3.05, 3.63) is 39.4 Å². The topological polar surface area (TPSA) is 69.4 Å². The van der Waals surface area contributed by atoms with Crippen LogP contribution in [-0.2, 0) is 22.6 Å². The fraction of sp³-hybridized carbons (Fsp3) is 0.300. The molecule has 0 aliphatic carbocycles. The van der Waals surface area contributed by atoms with E-state index in [1.54, 1.807) is 18.2 Å². The van der Waals surface area contributed by atoms with Crippen LogP contribution in [0, 0.1) is 10.1 Å². The summed E-state index contributed by atoms with van der Waals surface area (Å²) in [4.78, 5) is 20.7. The summed E-state index contributed by atoms with van der Waals surface area (Å²) in [5.74, 6) is 0. The first-order valence-electron chi connectivity index (χ1n) is 4.38. The van der Waals surface area contributed by atoms with Crippen LogP contribution in [0.5, 0.6) is 0 Å². The minimum Gasteiger partial charge on any atom is -0.380 e. The molecule has 5 heteroatoms. The first-order chi connectivity index (χ1) is 7.20. The zero-order chi connectivity index (χ0) is 11.3. The number of methoxy groups -OCH3 is 1. The van der Waals surface area contributed by atoms with Gasteiger partial charge in [-0.3, -0.25) is 10.1 Å². The van der Waals surface area contributed by atoms with E-state index in [2.05, 4.69) is 0 Å². The Hall–Kier alpha value is -1.75. The van der Waals surface area contributed by atoms with Crippen LogP contribution in [0.1, 0.15) is 11.1 Å². The fourth-order valence-corrected chi connectivity index (χ4v) is 1.41. The second-order valence-electron chi connectivity index (χ2n) is 2.99. The molecule has 0 aliphatic heterocycles. The fourth-order valence-electron chi connectivity index (χ4n) is 1.41. The second kappa shape index (κ2) is 5.21. The smallest absolute Gasteiger partial charge is 0.278 e. The number of ether oxygens (including phenoxy) is 1. The van der Waals surface area contributed by atoms with E-state index in [0.29, 0.717) is 17.4 Å². The monoisotopic (exact) mass is 209 g/mol. The van der Waals surface area contributed by atoms with Crippen molar-refractivity contribution in [3.63, 3.8) is 0 Å². The Morgan fingerprint density at radius 2 is 2.13 bits per heavy atom. The zero-order valence-corrected chi connectivity index (χ0v) is 8.30. The number of carbonyl (C=O) groups is 1. The molecule has 0 fully saturated rings. The molecule has 1 aromatic carbocycles. The van der Waals surface area contributed by atoms with Crippen molar-refractivity contribution < 1.29 is 14.5 Å². The lowest BCUT2D eigenvalue weighted by atomic mass is 10.1. The summed E-state index contributed by atoms with van der Waals surface area (Å²) in [5, 5.41) is 10.8. The Bertz CT molecular complexity index is 376. The van der Waals surface area contributed by atoms with E-state index in [-0.39, 0.29) is 18.7 Å². The van der Waals surface area contributed by atoms with Crippen LogP contribution in [0.25, 0.3) is 0 Å². The molecule has 0 unspecified atom stereocenters. The van der Waals surface area contributed by atoms with Gasteiger partial charge in [0.2, 0.25) is 0 Å². The molecular weight excluding hydrogens is 198 g/mol. The maximum absolute atomic E-state index is 10.8. The van der Waals surface area contributed by atoms with Gasteiger partial charge in [0, 0.05) is 19.1 Å². The van der Waals surface area contributed by atoms with E-state index in [0.717, 1.165) is 0 Å². The maximum Gasteiger partial charge on any atom is 0.278 e. The van der Waals surface area contributed by atoms with Gasteiger partial charge in [-0.1, -0.05) is 12.1 Å². The number of hydrogen-bond acceptors (Lipinski definition) is 4. The predicted octanol–water partition coefficient (Wildman–Crippen LogP) is 1.48. The van der Waals surface area contributed by atoms with Gasteiger partial charge in [0.25, 0.3) is 5.69 Å². The number of benzene rings is 1. The molecule has 0 saturated heterocycles.